The molecule has 0 aromatic rings. The molecule has 0 N–H and O–H groups in total. The Morgan fingerprint density at radius 3 is 2.00 bits per heavy atom. The second-order valence-corrected chi connectivity index (χ2v) is 5.31. The maximum absolute atomic E-state index is 11.2. The van der Waals surface area contributed by atoms with Gasteiger partial charge in [-0.05, 0) is 6.92 Å². The van der Waals surface area contributed by atoms with Crippen LogP contribution >= 0.6 is 0 Å². The molecule has 0 radical (unpaired) electrons. The molecular formula is C7H16N2O3S. The van der Waals surface area contributed by atoms with Crippen molar-refractivity contribution in [1.29, 1.82) is 0 Å². The predicted octanol–water partition coefficient (Wildman–Crippen LogP) is -0.644. The molecule has 0 atom stereocenters. The smallest absolute Gasteiger partial charge is 0.237 e. The third-order valence-electron chi connectivity index (χ3n) is 1.70. The van der Waals surface area contributed by atoms with E-state index in [2.05, 4.69) is 0 Å². The largest absolute Gasteiger partial charge is 0.348 e. The predicted molar refractivity (Wildman–Crippen MR) is 50.8 cm³/mol. The molecule has 0 aliphatic heterocycles. The Kier molecular flexibility index (Phi) is 4.35. The first-order valence-corrected chi connectivity index (χ1v) is 5.56. The minimum atomic E-state index is -3.24. The summed E-state index contributed by atoms with van der Waals surface area (Å²) in [5.74, 6) is -0.205. The molecule has 0 bridgehead atoms. The van der Waals surface area contributed by atoms with Crippen molar-refractivity contribution in [3.63, 3.8) is 0 Å². The van der Waals surface area contributed by atoms with E-state index in [1.54, 1.807) is 21.0 Å². The third-order valence-corrected chi connectivity index (χ3v) is 3.50. The van der Waals surface area contributed by atoms with E-state index in [1.807, 2.05) is 0 Å². The van der Waals surface area contributed by atoms with Crippen molar-refractivity contribution >= 4 is 15.9 Å². The highest BCUT2D eigenvalue weighted by atomic mass is 32.2. The van der Waals surface area contributed by atoms with Crippen LogP contribution in [0.15, 0.2) is 0 Å². The molecule has 6 heteroatoms. The van der Waals surface area contributed by atoms with Crippen LogP contribution in [0.1, 0.15) is 6.92 Å². The van der Waals surface area contributed by atoms with E-state index in [4.69, 9.17) is 0 Å². The van der Waals surface area contributed by atoms with Crippen molar-refractivity contribution < 1.29 is 13.2 Å². The molecule has 5 nitrogen and oxygen atoms in total. The standard InChI is InChI=1S/C7H16N2O3S/c1-5-13(11,12)9(4)6-7(10)8(2)3/h5-6H2,1-4H3. The molecule has 0 fully saturated rings. The van der Waals surface area contributed by atoms with Crippen LogP contribution in [0.4, 0.5) is 0 Å². The highest BCUT2D eigenvalue weighted by molar-refractivity contribution is 7.89. The van der Waals surface area contributed by atoms with Gasteiger partial charge in [-0.15, -0.1) is 0 Å². The van der Waals surface area contributed by atoms with Crippen molar-refractivity contribution in [2.75, 3.05) is 33.4 Å². The zero-order valence-electron chi connectivity index (χ0n) is 8.44. The fraction of sp³-hybridized carbons (Fsp3) is 0.857. The molecule has 13 heavy (non-hydrogen) atoms. The lowest BCUT2D eigenvalue weighted by molar-refractivity contribution is -0.128. The van der Waals surface area contributed by atoms with Crippen LogP contribution in [0.2, 0.25) is 0 Å². The van der Waals surface area contributed by atoms with Crippen molar-refractivity contribution in [2.45, 2.75) is 6.92 Å². The molecule has 0 aliphatic carbocycles. The Balaban J connectivity index is 4.33. The van der Waals surface area contributed by atoms with Gasteiger partial charge in [-0.3, -0.25) is 4.79 Å². The Bertz CT molecular complexity index is 271. The van der Waals surface area contributed by atoms with Gasteiger partial charge in [0.1, 0.15) is 0 Å². The van der Waals surface area contributed by atoms with Crippen LogP contribution in [-0.4, -0.2) is 57.0 Å². The minimum Gasteiger partial charge on any atom is -0.348 e. The summed E-state index contributed by atoms with van der Waals surface area (Å²) in [6, 6.07) is 0. The number of hydrogen-bond acceptors (Lipinski definition) is 3. The fourth-order valence-electron chi connectivity index (χ4n) is 0.651. The number of sulfonamides is 1. The van der Waals surface area contributed by atoms with Gasteiger partial charge in [0, 0.05) is 21.1 Å². The molecule has 1 amide bonds. The molecule has 0 aromatic carbocycles. The van der Waals surface area contributed by atoms with Gasteiger partial charge in [-0.2, -0.15) is 4.31 Å². The van der Waals surface area contributed by atoms with E-state index >= 15 is 0 Å². The number of likely N-dealkylation sites (N-methyl/N-ethyl adjacent to an activating group) is 2. The Labute approximate surface area is 79.4 Å². The topological polar surface area (TPSA) is 57.7 Å². The summed E-state index contributed by atoms with van der Waals surface area (Å²) in [5, 5.41) is 0. The lowest BCUT2D eigenvalue weighted by atomic mass is 10.5. The Morgan fingerprint density at radius 2 is 1.69 bits per heavy atom. The van der Waals surface area contributed by atoms with Gasteiger partial charge < -0.3 is 4.90 Å². The zero-order valence-corrected chi connectivity index (χ0v) is 9.26. The maximum atomic E-state index is 11.2. The van der Waals surface area contributed by atoms with E-state index in [-0.39, 0.29) is 18.2 Å². The van der Waals surface area contributed by atoms with Crippen molar-refractivity contribution in [3.8, 4) is 0 Å². The van der Waals surface area contributed by atoms with Gasteiger partial charge >= 0.3 is 0 Å². The number of carbonyl (C=O) groups is 1. The Hall–Kier alpha value is -0.620. The second kappa shape index (κ2) is 4.57. The summed E-state index contributed by atoms with van der Waals surface area (Å²) in [4.78, 5) is 12.5. The minimum absolute atomic E-state index is 0.0181. The summed E-state index contributed by atoms with van der Waals surface area (Å²) < 4.78 is 23.5. The molecule has 78 valence electrons. The van der Waals surface area contributed by atoms with Crippen molar-refractivity contribution in [1.82, 2.24) is 9.21 Å². The van der Waals surface area contributed by atoms with Crippen LogP contribution in [0.25, 0.3) is 0 Å². The van der Waals surface area contributed by atoms with Crippen molar-refractivity contribution in [3.05, 3.63) is 0 Å². The number of nitrogens with zero attached hydrogens (tertiary/aromatic N) is 2. The van der Waals surface area contributed by atoms with Gasteiger partial charge in [0.2, 0.25) is 15.9 Å². The molecule has 0 saturated carbocycles. The number of rotatable bonds is 4. The lowest BCUT2D eigenvalue weighted by Crippen LogP contribution is -2.38. The van der Waals surface area contributed by atoms with Gasteiger partial charge in [0.25, 0.3) is 0 Å². The summed E-state index contributed by atoms with van der Waals surface area (Å²) in [6.45, 7) is 1.45. The average Bonchev–Trinajstić information content (AvgIpc) is 2.04. The summed E-state index contributed by atoms with van der Waals surface area (Å²) >= 11 is 0. The van der Waals surface area contributed by atoms with E-state index in [0.29, 0.717) is 0 Å². The molecule has 0 saturated heterocycles. The summed E-state index contributed by atoms with van der Waals surface area (Å²) in [5.41, 5.74) is 0. The normalized spacial score (nSPS) is 11.8. The number of amides is 1. The van der Waals surface area contributed by atoms with Crippen LogP contribution in [0.5, 0.6) is 0 Å². The van der Waals surface area contributed by atoms with Gasteiger partial charge in [-0.25, -0.2) is 8.42 Å². The molecule has 0 unspecified atom stereocenters. The van der Waals surface area contributed by atoms with E-state index < -0.39 is 10.0 Å². The zero-order chi connectivity index (χ0) is 10.6. The number of carbonyl (C=O) groups excluding carboxylic acids is 1. The van der Waals surface area contributed by atoms with Crippen LogP contribution in [0.3, 0.4) is 0 Å². The Morgan fingerprint density at radius 1 is 1.23 bits per heavy atom. The third kappa shape index (κ3) is 3.73. The quantitative estimate of drug-likeness (QED) is 0.617. The second-order valence-electron chi connectivity index (χ2n) is 2.94. The van der Waals surface area contributed by atoms with E-state index in [9.17, 15) is 13.2 Å². The first kappa shape index (κ1) is 12.4. The molecule has 0 aromatic heterocycles. The van der Waals surface area contributed by atoms with Gasteiger partial charge in [0.05, 0.1) is 12.3 Å². The van der Waals surface area contributed by atoms with E-state index in [0.717, 1.165) is 4.31 Å². The van der Waals surface area contributed by atoms with Gasteiger partial charge in [0.15, 0.2) is 0 Å². The maximum Gasteiger partial charge on any atom is 0.237 e. The highest BCUT2D eigenvalue weighted by Gasteiger charge is 2.18. The number of hydrogen-bond donors (Lipinski definition) is 0. The SMILES string of the molecule is CCS(=O)(=O)N(C)CC(=O)N(C)C. The van der Waals surface area contributed by atoms with Crippen molar-refractivity contribution in [2.24, 2.45) is 0 Å². The van der Waals surface area contributed by atoms with E-state index in [1.165, 1.54) is 11.9 Å². The van der Waals surface area contributed by atoms with Crippen LogP contribution < -0.4 is 0 Å². The fourth-order valence-corrected chi connectivity index (χ4v) is 1.40. The molecule has 0 aliphatic rings. The van der Waals surface area contributed by atoms with Crippen LogP contribution in [0, 0.1) is 0 Å². The van der Waals surface area contributed by atoms with Gasteiger partial charge in [-0.1, -0.05) is 0 Å². The first-order valence-electron chi connectivity index (χ1n) is 3.95. The summed E-state index contributed by atoms with van der Waals surface area (Å²) in [7, 11) is 1.35. The molecular weight excluding hydrogens is 192 g/mol. The van der Waals surface area contributed by atoms with Crippen LogP contribution in [-0.2, 0) is 14.8 Å². The summed E-state index contributed by atoms with van der Waals surface area (Å²) in [6.07, 6.45) is 0. The first-order chi connectivity index (χ1) is 5.81. The molecule has 0 heterocycles. The lowest BCUT2D eigenvalue weighted by Gasteiger charge is -2.17. The molecule has 0 spiro atoms. The monoisotopic (exact) mass is 208 g/mol. The average molecular weight is 208 g/mol. The highest BCUT2D eigenvalue weighted by Crippen LogP contribution is 1.97. The molecule has 0 rings (SSSR count).